The zero-order chi connectivity index (χ0) is 18.2. The van der Waals surface area contributed by atoms with Crippen LogP contribution in [-0.4, -0.2) is 53.4 Å². The molecule has 3 rings (SSSR count). The van der Waals surface area contributed by atoms with Crippen LogP contribution in [0, 0.1) is 11.8 Å². The van der Waals surface area contributed by atoms with Gasteiger partial charge in [-0.3, -0.25) is 14.7 Å². The molecule has 25 heavy (non-hydrogen) atoms. The lowest BCUT2D eigenvalue weighted by Gasteiger charge is -2.41. The first-order valence-corrected chi connectivity index (χ1v) is 9.22. The van der Waals surface area contributed by atoms with Gasteiger partial charge >= 0.3 is 0 Å². The minimum Gasteiger partial charge on any atom is -0.390 e. The fourth-order valence-electron chi connectivity index (χ4n) is 4.18. The summed E-state index contributed by atoms with van der Waals surface area (Å²) in [6.07, 6.45) is 7.80. The predicted octanol–water partition coefficient (Wildman–Crippen LogP) is 2.04. The summed E-state index contributed by atoms with van der Waals surface area (Å²) in [7, 11) is 3.60. The van der Waals surface area contributed by atoms with Gasteiger partial charge in [0.15, 0.2) is 0 Å². The molecule has 0 unspecified atom stereocenters. The minimum absolute atomic E-state index is 0.0121. The number of rotatable bonds is 5. The molecule has 138 valence electrons. The molecule has 6 heteroatoms. The number of aliphatic hydroxyl groups is 1. The molecule has 1 heterocycles. The van der Waals surface area contributed by atoms with E-state index in [2.05, 4.69) is 16.9 Å². The van der Waals surface area contributed by atoms with Crippen molar-refractivity contribution in [1.29, 1.82) is 0 Å². The largest absolute Gasteiger partial charge is 0.390 e. The molecule has 0 saturated heterocycles. The van der Waals surface area contributed by atoms with Gasteiger partial charge < -0.3 is 15.3 Å². The van der Waals surface area contributed by atoms with Gasteiger partial charge in [-0.25, -0.2) is 0 Å². The lowest BCUT2D eigenvalue weighted by Crippen LogP contribution is -2.48. The second-order valence-corrected chi connectivity index (χ2v) is 7.72. The standard InChI is InChI=1S/C19H30N4O2/c1-13-17(21-12-20-3)22(4)14(2)23(18(13)24)11-15-5-7-16(8-6-15)19(25)9-10-19/h12,15-16,25H,2,5-11H2,1,3-4H3,(H,20,21). The number of hydrogen-bond acceptors (Lipinski definition) is 4. The number of nitrogens with one attached hydrogen (secondary N) is 1. The highest BCUT2D eigenvalue weighted by molar-refractivity contribution is 5.96. The first-order valence-electron chi connectivity index (χ1n) is 9.22. The Bertz CT molecular complexity index is 613. The second kappa shape index (κ2) is 6.83. The number of nitrogens with zero attached hydrogens (tertiary/aromatic N) is 3. The Morgan fingerprint density at radius 1 is 1.36 bits per heavy atom. The summed E-state index contributed by atoms with van der Waals surface area (Å²) < 4.78 is 0. The van der Waals surface area contributed by atoms with E-state index in [0.717, 1.165) is 44.3 Å². The van der Waals surface area contributed by atoms with Gasteiger partial charge in [0, 0.05) is 20.6 Å². The maximum Gasteiger partial charge on any atom is 0.258 e. The Morgan fingerprint density at radius 2 is 2.00 bits per heavy atom. The minimum atomic E-state index is -0.365. The van der Waals surface area contributed by atoms with Gasteiger partial charge in [-0.15, -0.1) is 0 Å². The third-order valence-corrected chi connectivity index (χ3v) is 6.10. The molecule has 0 aromatic heterocycles. The van der Waals surface area contributed by atoms with E-state index in [0.29, 0.717) is 29.8 Å². The van der Waals surface area contributed by atoms with Crippen molar-refractivity contribution >= 4 is 12.2 Å². The van der Waals surface area contributed by atoms with Crippen LogP contribution in [0.2, 0.25) is 0 Å². The van der Waals surface area contributed by atoms with Crippen molar-refractivity contribution in [2.24, 2.45) is 16.8 Å². The Hall–Kier alpha value is -1.82. The Balaban J connectivity index is 1.64. The van der Waals surface area contributed by atoms with E-state index in [-0.39, 0.29) is 11.5 Å². The average molecular weight is 346 g/mol. The third kappa shape index (κ3) is 3.45. The van der Waals surface area contributed by atoms with Gasteiger partial charge in [0.1, 0.15) is 11.6 Å². The first-order chi connectivity index (χ1) is 11.9. The van der Waals surface area contributed by atoms with E-state index in [4.69, 9.17) is 0 Å². The Kier molecular flexibility index (Phi) is 4.91. The number of hydrogen-bond donors (Lipinski definition) is 2. The topological polar surface area (TPSA) is 68.2 Å². The molecule has 0 atom stereocenters. The van der Waals surface area contributed by atoms with Crippen molar-refractivity contribution < 1.29 is 9.90 Å². The summed E-state index contributed by atoms with van der Waals surface area (Å²) in [4.78, 5) is 20.5. The average Bonchev–Trinajstić information content (AvgIpc) is 3.36. The fraction of sp³-hybridized carbons (Fsp3) is 0.684. The van der Waals surface area contributed by atoms with Crippen molar-refractivity contribution in [3.05, 3.63) is 23.8 Å². The molecule has 3 aliphatic rings. The number of aliphatic imine (C=N–C) groups is 1. The van der Waals surface area contributed by atoms with Gasteiger partial charge in [-0.1, -0.05) is 6.58 Å². The van der Waals surface area contributed by atoms with Crippen LogP contribution in [0.4, 0.5) is 0 Å². The van der Waals surface area contributed by atoms with E-state index in [9.17, 15) is 9.90 Å². The molecule has 0 aromatic carbocycles. The van der Waals surface area contributed by atoms with Crippen molar-refractivity contribution in [2.75, 3.05) is 20.6 Å². The highest BCUT2D eigenvalue weighted by Crippen LogP contribution is 2.49. The zero-order valence-corrected chi connectivity index (χ0v) is 15.6. The molecule has 0 radical (unpaired) electrons. The fourth-order valence-corrected chi connectivity index (χ4v) is 4.18. The summed E-state index contributed by atoms with van der Waals surface area (Å²) in [6.45, 7) is 6.67. The van der Waals surface area contributed by atoms with Gasteiger partial charge in [-0.05, 0) is 57.3 Å². The molecular weight excluding hydrogens is 316 g/mol. The van der Waals surface area contributed by atoms with Gasteiger partial charge in [-0.2, -0.15) is 0 Å². The van der Waals surface area contributed by atoms with Crippen LogP contribution in [0.15, 0.2) is 28.8 Å². The van der Waals surface area contributed by atoms with Crippen LogP contribution in [0.25, 0.3) is 0 Å². The van der Waals surface area contributed by atoms with E-state index in [1.807, 2.05) is 18.9 Å². The number of carbonyl (C=O) groups is 1. The smallest absolute Gasteiger partial charge is 0.258 e. The number of amides is 1. The highest BCUT2D eigenvalue weighted by Gasteiger charge is 2.48. The Morgan fingerprint density at radius 3 is 2.56 bits per heavy atom. The van der Waals surface area contributed by atoms with Crippen LogP contribution >= 0.6 is 0 Å². The Labute approximate surface area is 150 Å². The monoisotopic (exact) mass is 346 g/mol. The summed E-state index contributed by atoms with van der Waals surface area (Å²) in [5.41, 5.74) is 0.312. The lowest BCUT2D eigenvalue weighted by molar-refractivity contribution is -0.128. The molecule has 0 aromatic rings. The molecule has 1 aliphatic heterocycles. The highest BCUT2D eigenvalue weighted by atomic mass is 16.3. The van der Waals surface area contributed by atoms with Crippen LogP contribution < -0.4 is 5.32 Å². The van der Waals surface area contributed by atoms with E-state index >= 15 is 0 Å². The number of carbonyl (C=O) groups excluding carboxylic acids is 1. The van der Waals surface area contributed by atoms with E-state index in [1.54, 1.807) is 18.3 Å². The second-order valence-electron chi connectivity index (χ2n) is 7.72. The summed E-state index contributed by atoms with van der Waals surface area (Å²) in [5, 5.41) is 13.4. The van der Waals surface area contributed by atoms with Crippen LogP contribution in [0.3, 0.4) is 0 Å². The first kappa shape index (κ1) is 18.0. The van der Waals surface area contributed by atoms with Gasteiger partial charge in [0.05, 0.1) is 17.5 Å². The maximum atomic E-state index is 12.8. The third-order valence-electron chi connectivity index (χ3n) is 6.10. The van der Waals surface area contributed by atoms with Crippen LogP contribution in [0.5, 0.6) is 0 Å². The van der Waals surface area contributed by atoms with Crippen molar-refractivity contribution in [2.45, 2.75) is 51.0 Å². The molecule has 6 nitrogen and oxygen atoms in total. The molecule has 2 aliphatic carbocycles. The predicted molar refractivity (Wildman–Crippen MR) is 98.5 cm³/mol. The summed E-state index contributed by atoms with van der Waals surface area (Å²) in [5.74, 6) is 2.38. The molecule has 1 amide bonds. The molecule has 2 saturated carbocycles. The SMILES string of the molecule is C=C1N(C)C(NC=NC)=C(C)C(=O)N1CC1CCC(C2(O)CC2)CC1. The normalized spacial score (nSPS) is 29.6. The van der Waals surface area contributed by atoms with Gasteiger partial charge in [0.25, 0.3) is 5.91 Å². The van der Waals surface area contributed by atoms with Gasteiger partial charge in [0.2, 0.25) is 0 Å². The maximum absolute atomic E-state index is 12.8. The van der Waals surface area contributed by atoms with E-state index in [1.165, 1.54) is 0 Å². The molecular formula is C19H30N4O2. The van der Waals surface area contributed by atoms with E-state index < -0.39 is 0 Å². The van der Waals surface area contributed by atoms with Crippen molar-refractivity contribution in [3.63, 3.8) is 0 Å². The quantitative estimate of drug-likeness (QED) is 0.590. The molecule has 2 fully saturated rings. The lowest BCUT2D eigenvalue weighted by atomic mass is 9.78. The molecule has 2 N–H and O–H groups in total. The molecule has 0 spiro atoms. The molecule has 0 bridgehead atoms. The summed E-state index contributed by atoms with van der Waals surface area (Å²) in [6, 6.07) is 0. The summed E-state index contributed by atoms with van der Waals surface area (Å²) >= 11 is 0. The zero-order valence-electron chi connectivity index (χ0n) is 15.6. The van der Waals surface area contributed by atoms with Crippen molar-refractivity contribution in [1.82, 2.24) is 15.1 Å². The van der Waals surface area contributed by atoms with Crippen LogP contribution in [-0.2, 0) is 4.79 Å². The van der Waals surface area contributed by atoms with Crippen LogP contribution in [0.1, 0.15) is 45.4 Å². The van der Waals surface area contributed by atoms with Crippen molar-refractivity contribution in [3.8, 4) is 0 Å².